The summed E-state index contributed by atoms with van der Waals surface area (Å²) < 4.78 is 5.52. The number of carbonyl (C=O) groups is 2. The largest absolute Gasteiger partial charge is 0.493 e. The lowest BCUT2D eigenvalue weighted by Gasteiger charge is -2.09. The van der Waals surface area contributed by atoms with Crippen molar-refractivity contribution >= 4 is 29.2 Å². The first-order valence-electron chi connectivity index (χ1n) is 7.54. The summed E-state index contributed by atoms with van der Waals surface area (Å²) in [5.74, 6) is -0.701. The summed E-state index contributed by atoms with van der Waals surface area (Å²) >= 11 is 5.79. The molecule has 0 atom stereocenters. The number of halogens is 1. The van der Waals surface area contributed by atoms with Crippen LogP contribution in [0.3, 0.4) is 0 Å². The molecule has 0 saturated carbocycles. The number of anilines is 1. The molecule has 126 valence electrons. The van der Waals surface area contributed by atoms with Gasteiger partial charge < -0.3 is 15.2 Å². The Bertz CT molecular complexity index is 728. The van der Waals surface area contributed by atoms with Crippen LogP contribution < -0.4 is 10.1 Å². The molecule has 0 aliphatic rings. The molecule has 0 aliphatic heterocycles. The lowest BCUT2D eigenvalue weighted by molar-refractivity contribution is -0.116. The SMILES string of the molecule is CCc1ccc(OCCC(=O)Nc2ccc(Cl)c(C(=O)O)c2)cc1. The second-order valence-electron chi connectivity index (χ2n) is 5.14. The fraction of sp³-hybridized carbons (Fsp3) is 0.222. The number of hydrogen-bond acceptors (Lipinski definition) is 3. The van der Waals surface area contributed by atoms with Crippen molar-refractivity contribution in [3.05, 3.63) is 58.6 Å². The van der Waals surface area contributed by atoms with E-state index in [4.69, 9.17) is 21.4 Å². The van der Waals surface area contributed by atoms with Crippen LogP contribution in [0, 0.1) is 0 Å². The number of carboxylic acid groups (broad SMARTS) is 1. The van der Waals surface area contributed by atoms with Gasteiger partial charge in [-0.2, -0.15) is 0 Å². The van der Waals surface area contributed by atoms with Gasteiger partial charge >= 0.3 is 5.97 Å². The molecule has 0 spiro atoms. The number of aryl methyl sites for hydroxylation is 1. The Morgan fingerprint density at radius 1 is 1.17 bits per heavy atom. The Hall–Kier alpha value is -2.53. The maximum absolute atomic E-state index is 11.9. The number of nitrogens with one attached hydrogen (secondary N) is 1. The topological polar surface area (TPSA) is 75.6 Å². The zero-order valence-electron chi connectivity index (χ0n) is 13.2. The summed E-state index contributed by atoms with van der Waals surface area (Å²) in [6, 6.07) is 12.0. The lowest BCUT2D eigenvalue weighted by atomic mass is 10.2. The molecule has 1 amide bonds. The van der Waals surface area contributed by atoms with Crippen LogP contribution in [0.15, 0.2) is 42.5 Å². The van der Waals surface area contributed by atoms with Gasteiger partial charge in [0, 0.05) is 5.69 Å². The summed E-state index contributed by atoms with van der Waals surface area (Å²) in [7, 11) is 0. The van der Waals surface area contributed by atoms with Crippen LogP contribution in [0.1, 0.15) is 29.3 Å². The molecular weight excluding hydrogens is 330 g/mol. The van der Waals surface area contributed by atoms with Gasteiger partial charge in [0.1, 0.15) is 5.75 Å². The number of ether oxygens (including phenoxy) is 1. The van der Waals surface area contributed by atoms with Crippen molar-refractivity contribution in [3.8, 4) is 5.75 Å². The number of amides is 1. The van der Waals surface area contributed by atoms with Gasteiger partial charge in [-0.25, -0.2) is 4.79 Å². The van der Waals surface area contributed by atoms with E-state index in [1.165, 1.54) is 17.7 Å². The molecule has 0 saturated heterocycles. The average molecular weight is 348 g/mol. The summed E-state index contributed by atoms with van der Waals surface area (Å²) in [4.78, 5) is 22.9. The van der Waals surface area contributed by atoms with E-state index in [-0.39, 0.29) is 29.5 Å². The van der Waals surface area contributed by atoms with Gasteiger partial charge in [0.25, 0.3) is 0 Å². The molecule has 2 aromatic carbocycles. The van der Waals surface area contributed by atoms with Crippen LogP contribution in [0.2, 0.25) is 5.02 Å². The maximum atomic E-state index is 11.9. The molecule has 5 nitrogen and oxygen atoms in total. The van der Waals surface area contributed by atoms with Crippen molar-refractivity contribution < 1.29 is 19.4 Å². The van der Waals surface area contributed by atoms with E-state index >= 15 is 0 Å². The zero-order chi connectivity index (χ0) is 17.5. The summed E-state index contributed by atoms with van der Waals surface area (Å²) in [5.41, 5.74) is 1.55. The molecule has 0 unspecified atom stereocenters. The number of carboxylic acids is 1. The number of aromatic carboxylic acids is 1. The third-order valence-electron chi connectivity index (χ3n) is 3.41. The highest BCUT2D eigenvalue weighted by Crippen LogP contribution is 2.20. The Kier molecular flexibility index (Phi) is 6.21. The first-order valence-corrected chi connectivity index (χ1v) is 7.92. The van der Waals surface area contributed by atoms with Crippen LogP contribution in [0.25, 0.3) is 0 Å². The average Bonchev–Trinajstić information content (AvgIpc) is 2.57. The van der Waals surface area contributed by atoms with Crippen molar-refractivity contribution in [3.63, 3.8) is 0 Å². The van der Waals surface area contributed by atoms with Crippen molar-refractivity contribution in [2.45, 2.75) is 19.8 Å². The van der Waals surface area contributed by atoms with Gasteiger partial charge in [-0.15, -0.1) is 0 Å². The highest BCUT2D eigenvalue weighted by molar-refractivity contribution is 6.33. The molecular formula is C18H18ClNO4. The first kappa shape index (κ1) is 17.8. The predicted octanol–water partition coefficient (Wildman–Crippen LogP) is 4.01. The number of hydrogen-bond donors (Lipinski definition) is 2. The molecule has 0 aliphatic carbocycles. The van der Waals surface area contributed by atoms with Crippen LogP contribution in [0.5, 0.6) is 5.75 Å². The van der Waals surface area contributed by atoms with Crippen molar-refractivity contribution in [1.82, 2.24) is 0 Å². The third kappa shape index (κ3) is 4.99. The van der Waals surface area contributed by atoms with Crippen molar-refractivity contribution in [2.24, 2.45) is 0 Å². The van der Waals surface area contributed by atoms with E-state index in [2.05, 4.69) is 12.2 Å². The highest BCUT2D eigenvalue weighted by atomic mass is 35.5. The normalized spacial score (nSPS) is 10.2. The number of benzene rings is 2. The molecule has 0 heterocycles. The van der Waals surface area contributed by atoms with Crippen LogP contribution in [-0.2, 0) is 11.2 Å². The molecule has 2 N–H and O–H groups in total. The van der Waals surface area contributed by atoms with E-state index in [0.717, 1.165) is 6.42 Å². The second kappa shape index (κ2) is 8.36. The second-order valence-corrected chi connectivity index (χ2v) is 5.55. The van der Waals surface area contributed by atoms with Crippen LogP contribution >= 0.6 is 11.6 Å². The van der Waals surface area contributed by atoms with Crippen molar-refractivity contribution in [2.75, 3.05) is 11.9 Å². The predicted molar refractivity (Wildman–Crippen MR) is 93.0 cm³/mol. The monoisotopic (exact) mass is 347 g/mol. The minimum atomic E-state index is -1.14. The quantitative estimate of drug-likeness (QED) is 0.793. The van der Waals surface area contributed by atoms with Gasteiger partial charge in [-0.3, -0.25) is 4.79 Å². The summed E-state index contributed by atoms with van der Waals surface area (Å²) in [6.07, 6.45) is 1.11. The van der Waals surface area contributed by atoms with Gasteiger partial charge in [0.05, 0.1) is 23.6 Å². The molecule has 0 fully saturated rings. The van der Waals surface area contributed by atoms with E-state index in [1.54, 1.807) is 6.07 Å². The lowest BCUT2D eigenvalue weighted by Crippen LogP contribution is -2.15. The fourth-order valence-electron chi connectivity index (χ4n) is 2.07. The number of rotatable bonds is 7. The van der Waals surface area contributed by atoms with Gasteiger partial charge in [-0.05, 0) is 42.3 Å². The van der Waals surface area contributed by atoms with E-state index in [1.807, 2.05) is 24.3 Å². The van der Waals surface area contributed by atoms with Gasteiger partial charge in [0.15, 0.2) is 0 Å². The smallest absolute Gasteiger partial charge is 0.337 e. The summed E-state index contributed by atoms with van der Waals surface area (Å²) in [6.45, 7) is 2.31. The summed E-state index contributed by atoms with van der Waals surface area (Å²) in [5, 5.41) is 11.8. The fourth-order valence-corrected chi connectivity index (χ4v) is 2.27. The Morgan fingerprint density at radius 2 is 1.88 bits per heavy atom. The molecule has 0 radical (unpaired) electrons. The minimum absolute atomic E-state index is 0.0540. The van der Waals surface area contributed by atoms with E-state index < -0.39 is 5.97 Å². The van der Waals surface area contributed by atoms with Crippen LogP contribution in [-0.4, -0.2) is 23.6 Å². The zero-order valence-corrected chi connectivity index (χ0v) is 14.0. The highest BCUT2D eigenvalue weighted by Gasteiger charge is 2.11. The Morgan fingerprint density at radius 3 is 2.50 bits per heavy atom. The maximum Gasteiger partial charge on any atom is 0.337 e. The van der Waals surface area contributed by atoms with Crippen LogP contribution in [0.4, 0.5) is 5.69 Å². The molecule has 0 bridgehead atoms. The van der Waals surface area contributed by atoms with Gasteiger partial charge in [-0.1, -0.05) is 30.7 Å². The van der Waals surface area contributed by atoms with Gasteiger partial charge in [0.2, 0.25) is 5.91 Å². The molecule has 0 aromatic heterocycles. The molecule has 6 heteroatoms. The molecule has 2 rings (SSSR count). The van der Waals surface area contributed by atoms with Crippen molar-refractivity contribution in [1.29, 1.82) is 0 Å². The Balaban J connectivity index is 1.84. The third-order valence-corrected chi connectivity index (χ3v) is 3.74. The first-order chi connectivity index (χ1) is 11.5. The number of carbonyl (C=O) groups excluding carboxylic acids is 1. The standard InChI is InChI=1S/C18H18ClNO4/c1-2-12-3-6-14(7-4-12)24-10-9-17(21)20-13-5-8-16(19)15(11-13)18(22)23/h3-8,11H,2,9-10H2,1H3,(H,20,21)(H,22,23). The van der Waals surface area contributed by atoms with E-state index in [0.29, 0.717) is 11.4 Å². The Labute approximate surface area is 145 Å². The minimum Gasteiger partial charge on any atom is -0.493 e. The molecule has 2 aromatic rings. The molecule has 24 heavy (non-hydrogen) atoms. The van der Waals surface area contributed by atoms with E-state index in [9.17, 15) is 9.59 Å².